The van der Waals surface area contributed by atoms with Crippen molar-refractivity contribution in [3.8, 4) is 0 Å². The maximum atomic E-state index is 14.6. The van der Waals surface area contributed by atoms with Crippen molar-refractivity contribution in [3.05, 3.63) is 36.0 Å². The molecule has 0 bridgehead atoms. The summed E-state index contributed by atoms with van der Waals surface area (Å²) < 4.78 is 14.6. The van der Waals surface area contributed by atoms with Crippen molar-refractivity contribution in [2.24, 2.45) is 17.8 Å². The number of pyridine rings is 1. The number of carbonyl (C=O) groups is 1. The van der Waals surface area contributed by atoms with E-state index in [0.29, 0.717) is 30.6 Å². The number of amides is 1. The lowest BCUT2D eigenvalue weighted by atomic mass is 10.1. The highest BCUT2D eigenvalue weighted by Gasteiger charge is 2.68. The molecule has 0 unspecified atom stereocenters. The second-order valence-electron chi connectivity index (χ2n) is 9.13. The molecule has 2 aromatic heterocycles. The van der Waals surface area contributed by atoms with E-state index in [1.807, 2.05) is 24.0 Å². The van der Waals surface area contributed by atoms with Gasteiger partial charge in [0.05, 0.1) is 30.2 Å². The molecule has 9 heteroatoms. The highest BCUT2D eigenvalue weighted by molar-refractivity contribution is 5.82. The number of carbonyl (C=O) groups excluding carboxylic acids is 1. The summed E-state index contributed by atoms with van der Waals surface area (Å²) in [5, 5.41) is 15.6. The highest BCUT2D eigenvalue weighted by atomic mass is 19.1. The Hall–Kier alpha value is -2.81. The molecule has 1 aliphatic heterocycles. The van der Waals surface area contributed by atoms with Gasteiger partial charge in [0.2, 0.25) is 11.9 Å². The van der Waals surface area contributed by atoms with Crippen LogP contribution < -0.4 is 15.5 Å². The number of hydrogen-bond acceptors (Lipinski definition) is 7. The number of halogens is 1. The molecule has 3 N–H and O–H groups in total. The fraction of sp³-hybridized carbons (Fsp3) is 0.545. The van der Waals surface area contributed by atoms with Crippen LogP contribution in [0.5, 0.6) is 0 Å². The summed E-state index contributed by atoms with van der Waals surface area (Å²) in [6.07, 6.45) is 4.75. The lowest BCUT2D eigenvalue weighted by Crippen LogP contribution is -2.45. The molecule has 0 spiro atoms. The van der Waals surface area contributed by atoms with Crippen molar-refractivity contribution in [2.45, 2.75) is 38.1 Å². The molecule has 2 aliphatic carbocycles. The minimum absolute atomic E-state index is 0.0300. The number of piperidine rings is 1. The van der Waals surface area contributed by atoms with E-state index in [9.17, 15) is 14.3 Å². The van der Waals surface area contributed by atoms with Crippen LogP contribution in [0, 0.1) is 23.6 Å². The van der Waals surface area contributed by atoms with Gasteiger partial charge >= 0.3 is 0 Å². The first kappa shape index (κ1) is 20.1. The highest BCUT2D eigenvalue weighted by Crippen LogP contribution is 2.56. The van der Waals surface area contributed by atoms with Gasteiger partial charge in [-0.1, -0.05) is 13.8 Å². The van der Waals surface area contributed by atoms with E-state index in [0.717, 1.165) is 18.5 Å². The Bertz CT molecular complexity index is 998. The molecule has 31 heavy (non-hydrogen) atoms. The smallest absolute Gasteiger partial charge is 0.229 e. The molecule has 4 atom stereocenters. The maximum absolute atomic E-state index is 14.6. The zero-order valence-corrected chi connectivity index (χ0v) is 17.7. The Morgan fingerprint density at radius 1 is 1.35 bits per heavy atom. The first-order chi connectivity index (χ1) is 14.9. The number of aromatic nitrogens is 3. The molecule has 5 rings (SSSR count). The van der Waals surface area contributed by atoms with Gasteiger partial charge in [-0.05, 0) is 30.9 Å². The van der Waals surface area contributed by atoms with Gasteiger partial charge in [-0.3, -0.25) is 9.78 Å². The van der Waals surface area contributed by atoms with E-state index in [-0.39, 0.29) is 41.7 Å². The second kappa shape index (κ2) is 7.40. The maximum Gasteiger partial charge on any atom is 0.229 e. The molecule has 3 heterocycles. The molecule has 1 saturated heterocycles. The topological polar surface area (TPSA) is 103 Å². The number of anilines is 3. The molecule has 1 amide bonds. The third kappa shape index (κ3) is 3.60. The second-order valence-corrected chi connectivity index (χ2v) is 9.13. The molecule has 3 aliphatic rings. The van der Waals surface area contributed by atoms with Crippen LogP contribution in [0.1, 0.15) is 38.3 Å². The van der Waals surface area contributed by atoms with E-state index in [1.54, 1.807) is 6.20 Å². The Morgan fingerprint density at radius 2 is 2.16 bits per heavy atom. The molecule has 0 aromatic carbocycles. The summed E-state index contributed by atoms with van der Waals surface area (Å²) in [6, 6.07) is 3.66. The van der Waals surface area contributed by atoms with Gasteiger partial charge in [0.15, 0.2) is 11.6 Å². The van der Waals surface area contributed by atoms with Crippen LogP contribution in [0.4, 0.5) is 21.8 Å². The van der Waals surface area contributed by atoms with Crippen LogP contribution in [0.2, 0.25) is 0 Å². The van der Waals surface area contributed by atoms with Crippen molar-refractivity contribution in [2.75, 3.05) is 29.9 Å². The van der Waals surface area contributed by atoms with Crippen molar-refractivity contribution in [1.82, 2.24) is 20.3 Å². The Morgan fingerprint density at radius 3 is 2.84 bits per heavy atom. The SMILES string of the molecule is C[C@H](CO)c1ccc(Nc2ncc(F)c(N3C[C@@H]4[C@H](C)[C@@]4(NC(=O)C4CC4)C3)n2)cn1. The standard InChI is InChI=1S/C22H27FN6O2/c1-12(10-30)18-6-5-15(7-24-18)26-21-25-8-17(23)19(27-21)29-9-16-13(2)22(16,11-29)28-20(31)14-3-4-14/h5-8,12-14,16,30H,3-4,9-11H2,1-2H3,(H,28,31)(H,25,26,27)/t12-,13+,16-,22+/m1/s1. The molecule has 2 saturated carbocycles. The Balaban J connectivity index is 1.30. The van der Waals surface area contributed by atoms with Gasteiger partial charge < -0.3 is 20.6 Å². The van der Waals surface area contributed by atoms with Gasteiger partial charge in [-0.15, -0.1) is 0 Å². The largest absolute Gasteiger partial charge is 0.396 e. The average molecular weight is 426 g/mol. The molecular weight excluding hydrogens is 399 g/mol. The van der Waals surface area contributed by atoms with E-state index in [2.05, 4.69) is 32.5 Å². The van der Waals surface area contributed by atoms with Crippen LogP contribution in [0.25, 0.3) is 0 Å². The summed E-state index contributed by atoms with van der Waals surface area (Å²) in [7, 11) is 0. The fourth-order valence-electron chi connectivity index (χ4n) is 4.64. The quantitative estimate of drug-likeness (QED) is 0.624. The first-order valence-electron chi connectivity index (χ1n) is 10.8. The zero-order chi connectivity index (χ0) is 21.8. The van der Waals surface area contributed by atoms with Crippen molar-refractivity contribution in [1.29, 1.82) is 0 Å². The number of fused-ring (bicyclic) bond motifs is 1. The van der Waals surface area contributed by atoms with E-state index < -0.39 is 5.82 Å². The number of aliphatic hydroxyl groups is 1. The molecular formula is C22H27FN6O2. The number of rotatable bonds is 7. The summed E-state index contributed by atoms with van der Waals surface area (Å²) in [5.41, 5.74) is 1.20. The van der Waals surface area contributed by atoms with Gasteiger partial charge in [0.25, 0.3) is 0 Å². The lowest BCUT2D eigenvalue weighted by Gasteiger charge is -2.25. The lowest BCUT2D eigenvalue weighted by molar-refractivity contribution is -0.123. The molecule has 2 aromatic rings. The molecule has 8 nitrogen and oxygen atoms in total. The minimum atomic E-state index is -0.478. The zero-order valence-electron chi connectivity index (χ0n) is 17.7. The predicted molar refractivity (Wildman–Crippen MR) is 113 cm³/mol. The van der Waals surface area contributed by atoms with Crippen LogP contribution in [0.15, 0.2) is 24.5 Å². The van der Waals surface area contributed by atoms with Crippen molar-refractivity contribution < 1.29 is 14.3 Å². The van der Waals surface area contributed by atoms with Gasteiger partial charge in [0, 0.05) is 36.5 Å². The predicted octanol–water partition coefficient (Wildman–Crippen LogP) is 2.20. The van der Waals surface area contributed by atoms with Crippen LogP contribution in [0.3, 0.4) is 0 Å². The van der Waals surface area contributed by atoms with Gasteiger partial charge in [-0.2, -0.15) is 4.98 Å². The number of nitrogens with zero attached hydrogens (tertiary/aromatic N) is 4. The van der Waals surface area contributed by atoms with Crippen LogP contribution >= 0.6 is 0 Å². The average Bonchev–Trinajstić information content (AvgIpc) is 3.67. The Labute approximate surface area is 180 Å². The van der Waals surface area contributed by atoms with Gasteiger partial charge in [0.1, 0.15) is 0 Å². The molecule has 0 radical (unpaired) electrons. The summed E-state index contributed by atoms with van der Waals surface area (Å²) in [6.45, 7) is 5.29. The van der Waals surface area contributed by atoms with E-state index in [1.165, 1.54) is 6.20 Å². The van der Waals surface area contributed by atoms with E-state index in [4.69, 9.17) is 0 Å². The van der Waals surface area contributed by atoms with Crippen molar-refractivity contribution >= 4 is 23.4 Å². The number of hydrogen-bond donors (Lipinski definition) is 3. The first-order valence-corrected chi connectivity index (χ1v) is 10.8. The fourth-order valence-corrected chi connectivity index (χ4v) is 4.64. The van der Waals surface area contributed by atoms with Crippen molar-refractivity contribution in [3.63, 3.8) is 0 Å². The monoisotopic (exact) mass is 426 g/mol. The Kier molecular flexibility index (Phi) is 4.80. The number of aliphatic hydroxyl groups excluding tert-OH is 1. The molecule has 3 fully saturated rings. The van der Waals surface area contributed by atoms with Gasteiger partial charge in [-0.25, -0.2) is 9.37 Å². The van der Waals surface area contributed by atoms with E-state index >= 15 is 0 Å². The summed E-state index contributed by atoms with van der Waals surface area (Å²) >= 11 is 0. The van der Waals surface area contributed by atoms with Crippen LogP contribution in [-0.2, 0) is 4.79 Å². The number of nitrogens with one attached hydrogen (secondary N) is 2. The summed E-state index contributed by atoms with van der Waals surface area (Å²) in [4.78, 5) is 27.0. The molecule has 164 valence electrons. The third-order valence-corrected chi connectivity index (χ3v) is 6.99. The third-order valence-electron chi connectivity index (χ3n) is 6.99. The van der Waals surface area contributed by atoms with Crippen LogP contribution in [-0.4, -0.2) is 51.2 Å². The summed E-state index contributed by atoms with van der Waals surface area (Å²) in [5.74, 6) is 0.997. The normalized spacial score (nSPS) is 27.5. The minimum Gasteiger partial charge on any atom is -0.396 e.